The van der Waals surface area contributed by atoms with E-state index in [1.54, 1.807) is 0 Å². The normalized spacial score (nSPS) is 16.4. The molecule has 0 aliphatic heterocycles. The highest BCUT2D eigenvalue weighted by atomic mass is 79.9. The van der Waals surface area contributed by atoms with Crippen molar-refractivity contribution in [2.75, 3.05) is 6.61 Å². The lowest BCUT2D eigenvalue weighted by atomic mass is 10.1. The Labute approximate surface area is 116 Å². The van der Waals surface area contributed by atoms with Gasteiger partial charge >= 0.3 is 5.97 Å². The summed E-state index contributed by atoms with van der Waals surface area (Å²) in [5.41, 5.74) is 2.12. The molecule has 1 saturated carbocycles. The molecule has 0 saturated heterocycles. The zero-order valence-electron chi connectivity index (χ0n) is 10.7. The molecule has 1 aromatic rings. The van der Waals surface area contributed by atoms with Gasteiger partial charge in [-0.2, -0.15) is 0 Å². The first-order valence-corrected chi connectivity index (χ1v) is 7.10. The quantitative estimate of drug-likeness (QED) is 0.849. The predicted octanol–water partition coefficient (Wildman–Crippen LogP) is 3.11. The summed E-state index contributed by atoms with van der Waals surface area (Å²) in [7, 11) is 0. The van der Waals surface area contributed by atoms with Crippen molar-refractivity contribution in [3.05, 3.63) is 33.8 Å². The summed E-state index contributed by atoms with van der Waals surface area (Å²) in [6.07, 6.45) is 2.28. The monoisotopic (exact) mass is 311 g/mol. The van der Waals surface area contributed by atoms with Gasteiger partial charge in [-0.05, 0) is 43.9 Å². The number of rotatable bonds is 5. The molecule has 0 amide bonds. The van der Waals surface area contributed by atoms with Crippen LogP contribution in [0.15, 0.2) is 22.7 Å². The minimum Gasteiger partial charge on any atom is -0.465 e. The second-order valence-electron chi connectivity index (χ2n) is 4.65. The van der Waals surface area contributed by atoms with Crippen LogP contribution in [0.4, 0.5) is 0 Å². The molecule has 3 nitrogen and oxygen atoms in total. The second-order valence-corrected chi connectivity index (χ2v) is 5.51. The fraction of sp³-hybridized carbons (Fsp3) is 0.500. The number of ether oxygens (including phenoxy) is 1. The summed E-state index contributed by atoms with van der Waals surface area (Å²) < 4.78 is 6.10. The van der Waals surface area contributed by atoms with Gasteiger partial charge in [0.25, 0.3) is 0 Å². The third kappa shape index (κ3) is 3.33. The molecule has 0 heterocycles. The SMILES string of the molecule is CCOC(=O)C(NC1CC1)c1ccc(C)cc1Br. The molecule has 98 valence electrons. The Kier molecular flexibility index (Phi) is 4.40. The molecule has 0 aromatic heterocycles. The first-order valence-electron chi connectivity index (χ1n) is 6.30. The molecule has 1 N–H and O–H groups in total. The second kappa shape index (κ2) is 5.85. The maximum atomic E-state index is 12.0. The average molecular weight is 312 g/mol. The number of benzene rings is 1. The lowest BCUT2D eigenvalue weighted by molar-refractivity contribution is -0.145. The van der Waals surface area contributed by atoms with Crippen molar-refractivity contribution in [1.29, 1.82) is 0 Å². The van der Waals surface area contributed by atoms with Crippen LogP contribution in [0, 0.1) is 6.92 Å². The van der Waals surface area contributed by atoms with Crippen molar-refractivity contribution in [2.24, 2.45) is 0 Å². The largest absolute Gasteiger partial charge is 0.465 e. The van der Waals surface area contributed by atoms with Crippen LogP contribution in [0.25, 0.3) is 0 Å². The predicted molar refractivity (Wildman–Crippen MR) is 74.4 cm³/mol. The van der Waals surface area contributed by atoms with E-state index in [2.05, 4.69) is 21.2 Å². The van der Waals surface area contributed by atoms with Gasteiger partial charge in [0.2, 0.25) is 0 Å². The first kappa shape index (κ1) is 13.6. The lowest BCUT2D eigenvalue weighted by Crippen LogP contribution is -2.32. The van der Waals surface area contributed by atoms with Gasteiger partial charge in [0, 0.05) is 10.5 Å². The van der Waals surface area contributed by atoms with Crippen molar-refractivity contribution in [1.82, 2.24) is 5.32 Å². The summed E-state index contributed by atoms with van der Waals surface area (Å²) in [5, 5.41) is 3.35. The molecule has 1 aliphatic rings. The molecule has 0 bridgehead atoms. The Bertz CT molecular complexity index is 443. The van der Waals surface area contributed by atoms with Crippen LogP contribution >= 0.6 is 15.9 Å². The number of halogens is 1. The molecule has 4 heteroatoms. The summed E-state index contributed by atoms with van der Waals surface area (Å²) in [6, 6.07) is 6.10. The van der Waals surface area contributed by atoms with Gasteiger partial charge in [0.05, 0.1) is 6.61 Å². The highest BCUT2D eigenvalue weighted by molar-refractivity contribution is 9.10. The number of carbonyl (C=O) groups is 1. The van der Waals surface area contributed by atoms with Crippen molar-refractivity contribution in [3.63, 3.8) is 0 Å². The van der Waals surface area contributed by atoms with Gasteiger partial charge < -0.3 is 4.74 Å². The summed E-state index contributed by atoms with van der Waals surface area (Å²) in [6.45, 7) is 4.27. The minimum absolute atomic E-state index is 0.200. The molecule has 1 atom stereocenters. The zero-order chi connectivity index (χ0) is 13.1. The van der Waals surface area contributed by atoms with Crippen LogP contribution in [0.3, 0.4) is 0 Å². The fourth-order valence-corrected chi connectivity index (χ4v) is 2.58. The summed E-state index contributed by atoms with van der Waals surface area (Å²) >= 11 is 3.53. The Hall–Kier alpha value is -0.870. The Morgan fingerprint density at radius 2 is 2.28 bits per heavy atom. The maximum Gasteiger partial charge on any atom is 0.327 e. The number of aryl methyl sites for hydroxylation is 1. The highest BCUT2D eigenvalue weighted by Gasteiger charge is 2.31. The van der Waals surface area contributed by atoms with Crippen LogP contribution in [0.1, 0.15) is 36.9 Å². The van der Waals surface area contributed by atoms with E-state index in [-0.39, 0.29) is 12.0 Å². The first-order chi connectivity index (χ1) is 8.61. The van der Waals surface area contributed by atoms with Crippen LogP contribution in [-0.4, -0.2) is 18.6 Å². The number of nitrogens with one attached hydrogen (secondary N) is 1. The zero-order valence-corrected chi connectivity index (χ0v) is 12.3. The van der Waals surface area contributed by atoms with E-state index >= 15 is 0 Å². The van der Waals surface area contributed by atoms with Crippen molar-refractivity contribution in [2.45, 2.75) is 38.8 Å². The lowest BCUT2D eigenvalue weighted by Gasteiger charge is -2.19. The number of hydrogen-bond acceptors (Lipinski definition) is 3. The van der Waals surface area contributed by atoms with E-state index in [0.29, 0.717) is 12.6 Å². The molecule has 1 fully saturated rings. The van der Waals surface area contributed by atoms with Crippen molar-refractivity contribution >= 4 is 21.9 Å². The minimum atomic E-state index is -0.368. The fourth-order valence-electron chi connectivity index (χ4n) is 1.86. The van der Waals surface area contributed by atoms with Gasteiger partial charge in [-0.3, -0.25) is 5.32 Å². The van der Waals surface area contributed by atoms with E-state index in [4.69, 9.17) is 4.74 Å². The van der Waals surface area contributed by atoms with Crippen molar-refractivity contribution < 1.29 is 9.53 Å². The van der Waals surface area contributed by atoms with Gasteiger partial charge in [0.1, 0.15) is 6.04 Å². The summed E-state index contributed by atoms with van der Waals surface area (Å²) in [5.74, 6) is -0.200. The number of esters is 1. The van der Waals surface area contributed by atoms with Gasteiger partial charge in [-0.25, -0.2) is 4.79 Å². The topological polar surface area (TPSA) is 38.3 Å². The van der Waals surface area contributed by atoms with Crippen molar-refractivity contribution in [3.8, 4) is 0 Å². The van der Waals surface area contributed by atoms with Crippen LogP contribution in [-0.2, 0) is 9.53 Å². The van der Waals surface area contributed by atoms with E-state index in [1.165, 1.54) is 5.56 Å². The third-order valence-electron chi connectivity index (χ3n) is 2.97. The number of carbonyl (C=O) groups excluding carboxylic acids is 1. The van der Waals surface area contributed by atoms with E-state index in [9.17, 15) is 4.79 Å². The van der Waals surface area contributed by atoms with E-state index < -0.39 is 0 Å². The molecule has 1 unspecified atom stereocenters. The van der Waals surface area contributed by atoms with E-state index in [0.717, 1.165) is 22.9 Å². The van der Waals surface area contributed by atoms with Crippen LogP contribution in [0.2, 0.25) is 0 Å². The average Bonchev–Trinajstić information content (AvgIpc) is 3.11. The summed E-state index contributed by atoms with van der Waals surface area (Å²) in [4.78, 5) is 12.0. The van der Waals surface area contributed by atoms with Gasteiger partial charge in [-0.1, -0.05) is 28.1 Å². The molecule has 1 aliphatic carbocycles. The molecule has 18 heavy (non-hydrogen) atoms. The Morgan fingerprint density at radius 1 is 1.56 bits per heavy atom. The Morgan fingerprint density at radius 3 is 2.83 bits per heavy atom. The molecular weight excluding hydrogens is 294 g/mol. The molecule has 0 radical (unpaired) electrons. The standard InChI is InChI=1S/C14H18BrNO2/c1-3-18-14(17)13(16-10-5-6-10)11-7-4-9(2)8-12(11)15/h4,7-8,10,13,16H,3,5-6H2,1-2H3. The molecule has 1 aromatic carbocycles. The maximum absolute atomic E-state index is 12.0. The van der Waals surface area contributed by atoms with Crippen LogP contribution in [0.5, 0.6) is 0 Å². The van der Waals surface area contributed by atoms with Gasteiger partial charge in [0.15, 0.2) is 0 Å². The van der Waals surface area contributed by atoms with E-state index in [1.807, 2.05) is 32.0 Å². The molecule has 2 rings (SSSR count). The third-order valence-corrected chi connectivity index (χ3v) is 3.66. The molecule has 0 spiro atoms. The smallest absolute Gasteiger partial charge is 0.327 e. The highest BCUT2D eigenvalue weighted by Crippen LogP contribution is 2.29. The van der Waals surface area contributed by atoms with Gasteiger partial charge in [-0.15, -0.1) is 0 Å². The van der Waals surface area contributed by atoms with Crippen LogP contribution < -0.4 is 5.32 Å². The molecular formula is C14H18BrNO2. The number of hydrogen-bond donors (Lipinski definition) is 1. The Balaban J connectivity index is 2.23.